The first-order valence-electron chi connectivity index (χ1n) is 7.12. The largest absolute Gasteiger partial charge is 0.484 e. The molecule has 0 unspecified atom stereocenters. The van der Waals surface area contributed by atoms with Crippen molar-refractivity contribution in [1.82, 2.24) is 30.3 Å². The van der Waals surface area contributed by atoms with E-state index in [1.54, 1.807) is 37.4 Å². The number of H-pyrrole nitrogens is 1. The highest BCUT2D eigenvalue weighted by Crippen LogP contribution is 2.26. The molecule has 0 amide bonds. The van der Waals surface area contributed by atoms with Gasteiger partial charge in [0.1, 0.15) is 23.2 Å². The Labute approximate surface area is 135 Å². The van der Waals surface area contributed by atoms with Crippen molar-refractivity contribution in [2.45, 2.75) is 13.5 Å². The number of nitrogens with zero attached hydrogens (tertiary/aromatic N) is 5. The first kappa shape index (κ1) is 14.1. The minimum atomic E-state index is 0.211. The second-order valence-corrected chi connectivity index (χ2v) is 4.91. The highest BCUT2D eigenvalue weighted by Gasteiger charge is 2.08. The normalized spacial score (nSPS) is 10.9. The third-order valence-electron chi connectivity index (χ3n) is 3.18. The average Bonchev–Trinajstić information content (AvgIpc) is 3.23. The average molecular weight is 324 g/mol. The van der Waals surface area contributed by atoms with E-state index < -0.39 is 0 Å². The number of hydrogen-bond acceptors (Lipinski definition) is 8. The predicted octanol–water partition coefficient (Wildman–Crippen LogP) is 2.42. The molecule has 1 aromatic carbocycles. The third-order valence-corrected chi connectivity index (χ3v) is 3.18. The van der Waals surface area contributed by atoms with Crippen LogP contribution in [-0.4, -0.2) is 30.3 Å². The molecule has 0 aliphatic rings. The highest BCUT2D eigenvalue weighted by molar-refractivity contribution is 5.79. The standard InChI is InChI=1S/C15H12N6O3/c1-9-19-13(24-21-9)7-22-10-2-4-11(5-3-10)23-15-12-6-18-20-14(12)16-8-17-15/h2-6,8H,7H2,1H3,(H,16,17,18,20). The molecule has 3 aromatic heterocycles. The maximum Gasteiger partial charge on any atom is 0.264 e. The van der Waals surface area contributed by atoms with Crippen LogP contribution in [0, 0.1) is 6.92 Å². The molecule has 3 heterocycles. The Balaban J connectivity index is 1.44. The molecule has 0 aliphatic heterocycles. The first-order chi connectivity index (χ1) is 11.8. The Morgan fingerprint density at radius 1 is 1.12 bits per heavy atom. The number of nitrogens with one attached hydrogen (secondary N) is 1. The van der Waals surface area contributed by atoms with E-state index in [2.05, 4.69) is 30.3 Å². The number of rotatable bonds is 5. The molecule has 9 heteroatoms. The zero-order chi connectivity index (χ0) is 16.4. The summed E-state index contributed by atoms with van der Waals surface area (Å²) >= 11 is 0. The molecule has 0 spiro atoms. The Morgan fingerprint density at radius 2 is 1.96 bits per heavy atom. The lowest BCUT2D eigenvalue weighted by atomic mass is 10.3. The lowest BCUT2D eigenvalue weighted by Gasteiger charge is -2.07. The number of ether oxygens (including phenoxy) is 2. The molecule has 4 rings (SSSR count). The lowest BCUT2D eigenvalue weighted by Crippen LogP contribution is -1.96. The van der Waals surface area contributed by atoms with E-state index in [0.717, 1.165) is 0 Å². The molecule has 1 N–H and O–H groups in total. The quantitative estimate of drug-likeness (QED) is 0.595. The number of benzene rings is 1. The fraction of sp³-hybridized carbons (Fsp3) is 0.133. The SMILES string of the molecule is Cc1noc(COc2ccc(Oc3ncnc4[nH]ncc34)cc2)n1. The van der Waals surface area contributed by atoms with Crippen LogP contribution in [0.4, 0.5) is 0 Å². The summed E-state index contributed by atoms with van der Waals surface area (Å²) in [7, 11) is 0. The minimum Gasteiger partial charge on any atom is -0.484 e. The van der Waals surface area contributed by atoms with E-state index in [4.69, 9.17) is 14.0 Å². The van der Waals surface area contributed by atoms with Crippen LogP contribution in [-0.2, 0) is 6.61 Å². The molecule has 120 valence electrons. The molecule has 0 fully saturated rings. The van der Waals surface area contributed by atoms with Gasteiger partial charge in [0.25, 0.3) is 5.89 Å². The molecule has 24 heavy (non-hydrogen) atoms. The van der Waals surface area contributed by atoms with Gasteiger partial charge in [-0.25, -0.2) is 9.97 Å². The molecule has 9 nitrogen and oxygen atoms in total. The van der Waals surface area contributed by atoms with Gasteiger partial charge in [0.05, 0.1) is 6.20 Å². The van der Waals surface area contributed by atoms with Gasteiger partial charge in [-0.1, -0.05) is 5.16 Å². The van der Waals surface area contributed by atoms with Crippen molar-refractivity contribution in [3.8, 4) is 17.4 Å². The summed E-state index contributed by atoms with van der Waals surface area (Å²) in [6.07, 6.45) is 3.04. The maximum absolute atomic E-state index is 5.76. The Morgan fingerprint density at radius 3 is 2.75 bits per heavy atom. The second-order valence-electron chi connectivity index (χ2n) is 4.91. The van der Waals surface area contributed by atoms with Gasteiger partial charge >= 0.3 is 0 Å². The van der Waals surface area contributed by atoms with Crippen LogP contribution in [0.3, 0.4) is 0 Å². The molecule has 4 aromatic rings. The maximum atomic E-state index is 5.76. The molecular formula is C15H12N6O3. The zero-order valence-corrected chi connectivity index (χ0v) is 12.6. The summed E-state index contributed by atoms with van der Waals surface area (Å²) in [5, 5.41) is 11.1. The molecular weight excluding hydrogens is 312 g/mol. The summed E-state index contributed by atoms with van der Waals surface area (Å²) in [5.41, 5.74) is 0.620. The van der Waals surface area contributed by atoms with Crippen LogP contribution in [0.1, 0.15) is 11.7 Å². The van der Waals surface area contributed by atoms with Gasteiger partial charge in [-0.05, 0) is 31.2 Å². The minimum absolute atomic E-state index is 0.211. The molecule has 0 saturated heterocycles. The van der Waals surface area contributed by atoms with E-state index in [9.17, 15) is 0 Å². The number of fused-ring (bicyclic) bond motifs is 1. The number of aryl methyl sites for hydroxylation is 1. The van der Waals surface area contributed by atoms with Gasteiger partial charge in [-0.15, -0.1) is 0 Å². The monoisotopic (exact) mass is 324 g/mol. The fourth-order valence-electron chi connectivity index (χ4n) is 2.08. The fourth-order valence-corrected chi connectivity index (χ4v) is 2.08. The van der Waals surface area contributed by atoms with E-state index in [0.29, 0.717) is 40.1 Å². The van der Waals surface area contributed by atoms with Crippen molar-refractivity contribution < 1.29 is 14.0 Å². The molecule has 0 saturated carbocycles. The van der Waals surface area contributed by atoms with Crippen LogP contribution in [0.25, 0.3) is 11.0 Å². The predicted molar refractivity (Wildman–Crippen MR) is 81.6 cm³/mol. The summed E-state index contributed by atoms with van der Waals surface area (Å²) in [4.78, 5) is 12.3. The van der Waals surface area contributed by atoms with Gasteiger partial charge in [0.15, 0.2) is 18.1 Å². The van der Waals surface area contributed by atoms with E-state index in [-0.39, 0.29) is 6.61 Å². The number of aromatic amines is 1. The van der Waals surface area contributed by atoms with Gasteiger partial charge < -0.3 is 14.0 Å². The Kier molecular flexibility index (Phi) is 3.50. The molecule has 0 aliphatic carbocycles. The molecule has 0 bridgehead atoms. The topological polar surface area (TPSA) is 112 Å². The van der Waals surface area contributed by atoms with Crippen molar-refractivity contribution in [2.24, 2.45) is 0 Å². The van der Waals surface area contributed by atoms with Crippen molar-refractivity contribution in [1.29, 1.82) is 0 Å². The van der Waals surface area contributed by atoms with Crippen LogP contribution in [0.2, 0.25) is 0 Å². The summed E-state index contributed by atoms with van der Waals surface area (Å²) in [5.74, 6) is 2.72. The van der Waals surface area contributed by atoms with Crippen LogP contribution in [0.5, 0.6) is 17.4 Å². The summed E-state index contributed by atoms with van der Waals surface area (Å²) in [6, 6.07) is 7.13. The van der Waals surface area contributed by atoms with Crippen molar-refractivity contribution in [3.63, 3.8) is 0 Å². The smallest absolute Gasteiger partial charge is 0.264 e. The summed E-state index contributed by atoms with van der Waals surface area (Å²) in [6.45, 7) is 1.96. The van der Waals surface area contributed by atoms with Gasteiger partial charge in [0, 0.05) is 0 Å². The van der Waals surface area contributed by atoms with Crippen LogP contribution < -0.4 is 9.47 Å². The first-order valence-corrected chi connectivity index (χ1v) is 7.12. The van der Waals surface area contributed by atoms with E-state index in [1.807, 2.05) is 0 Å². The number of hydrogen-bond donors (Lipinski definition) is 1. The van der Waals surface area contributed by atoms with Crippen molar-refractivity contribution in [2.75, 3.05) is 0 Å². The lowest BCUT2D eigenvalue weighted by molar-refractivity contribution is 0.242. The van der Waals surface area contributed by atoms with Gasteiger partial charge in [0.2, 0.25) is 5.88 Å². The number of aromatic nitrogens is 6. The molecule has 0 atom stereocenters. The molecule has 0 radical (unpaired) electrons. The van der Waals surface area contributed by atoms with Crippen LogP contribution in [0.15, 0.2) is 41.3 Å². The zero-order valence-electron chi connectivity index (χ0n) is 12.6. The second kappa shape index (κ2) is 5.95. The van der Waals surface area contributed by atoms with Crippen molar-refractivity contribution >= 4 is 11.0 Å². The van der Waals surface area contributed by atoms with Gasteiger partial charge in [-0.3, -0.25) is 5.10 Å². The van der Waals surface area contributed by atoms with E-state index >= 15 is 0 Å². The van der Waals surface area contributed by atoms with E-state index in [1.165, 1.54) is 6.33 Å². The Bertz CT molecular complexity index is 963. The van der Waals surface area contributed by atoms with Crippen LogP contribution >= 0.6 is 0 Å². The van der Waals surface area contributed by atoms with Gasteiger partial charge in [-0.2, -0.15) is 10.1 Å². The third kappa shape index (κ3) is 2.86. The van der Waals surface area contributed by atoms with Crippen molar-refractivity contribution in [3.05, 3.63) is 48.5 Å². The highest BCUT2D eigenvalue weighted by atomic mass is 16.5. The summed E-state index contributed by atoms with van der Waals surface area (Å²) < 4.78 is 16.3. The Hall–Kier alpha value is -3.49.